The Morgan fingerprint density at radius 3 is 2.52 bits per heavy atom. The third-order valence-corrected chi connectivity index (χ3v) is 10.7. The van der Waals surface area contributed by atoms with Crippen molar-refractivity contribution in [2.24, 2.45) is 11.3 Å². The van der Waals surface area contributed by atoms with Crippen molar-refractivity contribution in [1.82, 2.24) is 19.8 Å². The van der Waals surface area contributed by atoms with Crippen LogP contribution in [0.2, 0.25) is 0 Å². The number of hydrogen-bond donors (Lipinski definition) is 1. The zero-order valence-corrected chi connectivity index (χ0v) is 32.3. The first-order valence-electron chi connectivity index (χ1n) is 18.8. The molecule has 2 aliphatic heterocycles. The molecule has 0 aliphatic carbocycles. The summed E-state index contributed by atoms with van der Waals surface area (Å²) in [4.78, 5) is 46.9. The number of likely N-dealkylation sites (tertiary alicyclic amines) is 1. The summed E-state index contributed by atoms with van der Waals surface area (Å²) < 4.78 is 24.0. The highest BCUT2D eigenvalue weighted by Crippen LogP contribution is 2.42. The van der Waals surface area contributed by atoms with Crippen LogP contribution in [0.4, 0.5) is 10.5 Å². The van der Waals surface area contributed by atoms with Crippen LogP contribution in [0.1, 0.15) is 50.9 Å². The number of amides is 1. The second-order valence-electron chi connectivity index (χ2n) is 15.1. The Bertz CT molecular complexity index is 1940. The molecule has 288 valence electrons. The molecule has 2 aromatic heterocycles. The number of nitrogens with one attached hydrogen (secondary N) is 1. The van der Waals surface area contributed by atoms with Crippen LogP contribution in [0.25, 0.3) is 22.2 Å². The van der Waals surface area contributed by atoms with E-state index in [2.05, 4.69) is 64.7 Å². The molecule has 0 radical (unpaired) electrons. The van der Waals surface area contributed by atoms with Crippen LogP contribution in [0.3, 0.4) is 0 Å². The molecular formula is C42H53N5O7. The highest BCUT2D eigenvalue weighted by molar-refractivity contribution is 5.94. The van der Waals surface area contributed by atoms with Gasteiger partial charge in [0.15, 0.2) is 0 Å². The molecule has 2 fully saturated rings. The molecule has 2 saturated heterocycles. The first-order chi connectivity index (χ1) is 26.0. The second-order valence-corrected chi connectivity index (χ2v) is 15.1. The second kappa shape index (κ2) is 17.0. The number of ether oxygens (including phenoxy) is 4. The molecule has 6 rings (SSSR count). The molecule has 12 heteroatoms. The number of hydrogen-bond acceptors (Lipinski definition) is 10. The number of aromatic nitrogens is 2. The van der Waals surface area contributed by atoms with E-state index in [1.807, 2.05) is 36.4 Å². The Morgan fingerprint density at radius 1 is 1.00 bits per heavy atom. The van der Waals surface area contributed by atoms with Crippen LogP contribution >= 0.6 is 0 Å². The van der Waals surface area contributed by atoms with Gasteiger partial charge in [-0.1, -0.05) is 44.2 Å². The van der Waals surface area contributed by atoms with Gasteiger partial charge in [-0.25, -0.2) is 9.59 Å². The SMILES string of the molecule is CCn1c(-c2cccnc2COC)c(CC(C)(C)COC(C)=O)c2cc(N3CC4CCN(C[C@H](NC(=O)OCc5ccccc5)C(=O)OC)C4C3)ccc21. The number of carbonyl (C=O) groups excluding carboxylic acids is 3. The van der Waals surface area contributed by atoms with Gasteiger partial charge < -0.3 is 33.7 Å². The van der Waals surface area contributed by atoms with Gasteiger partial charge in [0.1, 0.15) is 12.6 Å². The Balaban J connectivity index is 1.26. The zero-order valence-electron chi connectivity index (χ0n) is 32.3. The minimum atomic E-state index is -0.858. The summed E-state index contributed by atoms with van der Waals surface area (Å²) in [5.41, 5.74) is 6.98. The van der Waals surface area contributed by atoms with Crippen LogP contribution in [0.5, 0.6) is 0 Å². The summed E-state index contributed by atoms with van der Waals surface area (Å²) in [5, 5.41) is 3.91. The Labute approximate surface area is 317 Å². The van der Waals surface area contributed by atoms with Crippen LogP contribution in [0, 0.1) is 11.3 Å². The van der Waals surface area contributed by atoms with Crippen molar-refractivity contribution < 1.29 is 33.3 Å². The monoisotopic (exact) mass is 739 g/mol. The molecule has 4 heterocycles. The molecule has 1 amide bonds. The van der Waals surface area contributed by atoms with Crippen molar-refractivity contribution in [3.05, 3.63) is 83.7 Å². The van der Waals surface area contributed by atoms with Gasteiger partial charge in [0.2, 0.25) is 0 Å². The van der Waals surface area contributed by atoms with E-state index in [9.17, 15) is 14.4 Å². The highest BCUT2D eigenvalue weighted by atomic mass is 16.6. The average Bonchev–Trinajstić information content (AvgIpc) is 3.85. The van der Waals surface area contributed by atoms with Crippen LogP contribution in [0.15, 0.2) is 66.9 Å². The van der Waals surface area contributed by atoms with Gasteiger partial charge in [-0.3, -0.25) is 14.7 Å². The number of aryl methyl sites for hydroxylation is 1. The summed E-state index contributed by atoms with van der Waals surface area (Å²) in [6.45, 7) is 12.3. The molecule has 12 nitrogen and oxygen atoms in total. The van der Waals surface area contributed by atoms with Gasteiger partial charge in [-0.05, 0) is 73.7 Å². The molecule has 3 atom stereocenters. The predicted octanol–water partition coefficient (Wildman–Crippen LogP) is 5.98. The van der Waals surface area contributed by atoms with Gasteiger partial charge in [-0.2, -0.15) is 0 Å². The molecule has 4 aromatic rings. The van der Waals surface area contributed by atoms with Crippen LogP contribution < -0.4 is 10.2 Å². The quantitative estimate of drug-likeness (QED) is 0.115. The predicted molar refractivity (Wildman–Crippen MR) is 207 cm³/mol. The molecule has 0 bridgehead atoms. The minimum Gasteiger partial charge on any atom is -0.467 e. The van der Waals surface area contributed by atoms with Gasteiger partial charge in [0.05, 0.1) is 31.7 Å². The summed E-state index contributed by atoms with van der Waals surface area (Å²) in [5.74, 6) is -0.381. The number of fused-ring (bicyclic) bond motifs is 2. The third kappa shape index (κ3) is 8.71. The van der Waals surface area contributed by atoms with E-state index in [4.69, 9.17) is 23.9 Å². The average molecular weight is 740 g/mol. The fourth-order valence-corrected chi connectivity index (χ4v) is 8.11. The summed E-state index contributed by atoms with van der Waals surface area (Å²) in [6, 6.07) is 19.6. The molecule has 2 unspecified atom stereocenters. The van der Waals surface area contributed by atoms with E-state index in [-0.39, 0.29) is 24.0 Å². The Morgan fingerprint density at radius 2 is 1.80 bits per heavy atom. The molecule has 2 aromatic carbocycles. The van der Waals surface area contributed by atoms with Crippen molar-refractivity contribution in [1.29, 1.82) is 0 Å². The lowest BCUT2D eigenvalue weighted by atomic mass is 9.84. The molecule has 1 N–H and O–H groups in total. The Hall–Kier alpha value is -4.94. The van der Waals surface area contributed by atoms with Crippen molar-refractivity contribution in [2.45, 2.75) is 72.4 Å². The number of methoxy groups -OCH3 is 2. The van der Waals surface area contributed by atoms with Crippen molar-refractivity contribution in [2.75, 3.05) is 51.9 Å². The summed E-state index contributed by atoms with van der Waals surface area (Å²) in [7, 11) is 3.02. The third-order valence-electron chi connectivity index (χ3n) is 10.7. The van der Waals surface area contributed by atoms with E-state index in [1.165, 1.54) is 19.6 Å². The number of carbonyl (C=O) groups is 3. The van der Waals surface area contributed by atoms with Gasteiger partial charge in [-0.15, -0.1) is 0 Å². The number of esters is 2. The topological polar surface area (TPSA) is 124 Å². The molecule has 54 heavy (non-hydrogen) atoms. The smallest absolute Gasteiger partial charge is 0.408 e. The lowest BCUT2D eigenvalue weighted by molar-refractivity contribution is -0.144. The van der Waals surface area contributed by atoms with Crippen molar-refractivity contribution in [3.63, 3.8) is 0 Å². The van der Waals surface area contributed by atoms with E-state index in [1.54, 1.807) is 13.3 Å². The zero-order chi connectivity index (χ0) is 38.4. The van der Waals surface area contributed by atoms with Gasteiger partial charge in [0, 0.05) is 80.0 Å². The maximum atomic E-state index is 12.9. The number of anilines is 1. The minimum absolute atomic E-state index is 0.110. The lowest BCUT2D eigenvalue weighted by Gasteiger charge is -2.28. The highest BCUT2D eigenvalue weighted by Gasteiger charge is 2.43. The summed E-state index contributed by atoms with van der Waals surface area (Å²) in [6.07, 6.45) is 2.81. The maximum Gasteiger partial charge on any atom is 0.408 e. The molecule has 0 saturated carbocycles. The Kier molecular flexibility index (Phi) is 12.2. The number of alkyl carbamates (subject to hydrolysis) is 1. The number of rotatable bonds is 15. The molecule has 0 spiro atoms. The van der Waals surface area contributed by atoms with E-state index < -0.39 is 18.1 Å². The van der Waals surface area contributed by atoms with E-state index in [0.29, 0.717) is 32.1 Å². The fraction of sp³-hybridized carbons (Fsp3) is 0.476. The lowest BCUT2D eigenvalue weighted by Crippen LogP contribution is -2.51. The first kappa shape index (κ1) is 38.8. The molecular weight excluding hydrogens is 686 g/mol. The number of benzene rings is 2. The number of nitrogens with zero attached hydrogens (tertiary/aromatic N) is 4. The molecule has 2 aliphatic rings. The van der Waals surface area contributed by atoms with Gasteiger partial charge >= 0.3 is 18.0 Å². The standard InChI is InChI=1S/C42H53N5O7/c1-7-47-37-16-15-31(20-33(37)34(21-42(3,4)27-54-28(2)48)39(47)32-14-11-18-43-36(32)26-51-5)46-22-30-17-19-45(38(30)24-46)23-35(40(49)52-6)44-41(50)53-25-29-12-9-8-10-13-29/h8-16,18,20,30,35,38H,7,17,19,21-27H2,1-6H3,(H,44,50)/t30?,35-,38?/m0/s1. The maximum absolute atomic E-state index is 12.9. The van der Waals surface area contributed by atoms with E-state index in [0.717, 1.165) is 71.7 Å². The van der Waals surface area contributed by atoms with Crippen LogP contribution in [-0.2, 0) is 54.7 Å². The van der Waals surface area contributed by atoms with Gasteiger partial charge in [0.25, 0.3) is 0 Å². The summed E-state index contributed by atoms with van der Waals surface area (Å²) >= 11 is 0. The van der Waals surface area contributed by atoms with Crippen molar-refractivity contribution in [3.8, 4) is 11.3 Å². The largest absolute Gasteiger partial charge is 0.467 e. The number of pyridine rings is 1. The van der Waals surface area contributed by atoms with Crippen molar-refractivity contribution >= 4 is 34.6 Å². The van der Waals surface area contributed by atoms with E-state index >= 15 is 0 Å². The van der Waals surface area contributed by atoms with Crippen LogP contribution in [-0.4, -0.2) is 91.6 Å². The first-order valence-corrected chi connectivity index (χ1v) is 18.8. The fourth-order valence-electron chi connectivity index (χ4n) is 8.11. The normalized spacial score (nSPS) is 17.7.